The van der Waals surface area contributed by atoms with Crippen molar-refractivity contribution in [2.45, 2.75) is 50.4 Å². The molecule has 3 heteroatoms. The monoisotopic (exact) mass is 499 g/mol. The van der Waals surface area contributed by atoms with Crippen molar-refractivity contribution >= 4 is 59.9 Å². The number of aromatic nitrogens is 1. The Hall–Kier alpha value is -2.17. The molecular formula is C29H31GeNS. The molecule has 5 rings (SSSR count). The summed E-state index contributed by atoms with van der Waals surface area (Å²) in [4.78, 5) is 4.91. The minimum atomic E-state index is -1.87. The summed E-state index contributed by atoms with van der Waals surface area (Å²) in [6.45, 7) is 9.09. The summed E-state index contributed by atoms with van der Waals surface area (Å²) in [5.74, 6) is 7.39. The molecular weight excluding hydrogens is 467 g/mol. The molecule has 0 aliphatic heterocycles. The number of hydrogen-bond donors (Lipinski definition) is 0. The van der Waals surface area contributed by atoms with Gasteiger partial charge in [-0.3, -0.25) is 0 Å². The Morgan fingerprint density at radius 1 is 0.812 bits per heavy atom. The first kappa shape index (κ1) is 21.7. The second-order valence-electron chi connectivity index (χ2n) is 11.1. The zero-order chi connectivity index (χ0) is 22.8. The molecule has 3 aromatic carbocycles. The summed E-state index contributed by atoms with van der Waals surface area (Å²) in [7, 11) is 0. The number of thiophene rings is 1. The van der Waals surface area contributed by atoms with E-state index in [1.165, 1.54) is 47.6 Å². The fourth-order valence-electron chi connectivity index (χ4n) is 4.60. The number of hydrogen-bond acceptors (Lipinski definition) is 2. The first-order valence-corrected chi connectivity index (χ1v) is 19.6. The third-order valence-electron chi connectivity index (χ3n) is 6.45. The molecule has 0 aliphatic rings. The van der Waals surface area contributed by atoms with Gasteiger partial charge in [0.2, 0.25) is 0 Å². The van der Waals surface area contributed by atoms with E-state index in [-0.39, 0.29) is 5.41 Å². The Morgan fingerprint density at radius 2 is 1.59 bits per heavy atom. The van der Waals surface area contributed by atoms with Gasteiger partial charge < -0.3 is 0 Å². The van der Waals surface area contributed by atoms with Gasteiger partial charge in [0, 0.05) is 0 Å². The van der Waals surface area contributed by atoms with Crippen molar-refractivity contribution in [3.63, 3.8) is 0 Å². The predicted octanol–water partition coefficient (Wildman–Crippen LogP) is 8.42. The molecule has 162 valence electrons. The SMILES string of the molecule is Cc1ccc2cc(-c3nccc4c3sc3c[c]([Ge]([CH3])([CH3])[CH3])ccc34)cc(C(C)(C)C)c2c1. The maximum atomic E-state index is 4.91. The molecule has 2 heterocycles. The van der Waals surface area contributed by atoms with Gasteiger partial charge in [0.25, 0.3) is 0 Å². The standard InChI is InChI=1S/C29H31GeNS/c1-18-8-9-19-15-20(16-25(24(19)14-18)29(2,3)4)27-28-23(12-13-31-27)22-11-10-21(30(5,6)7)17-26(22)32-28/h8-17H,1-7H3. The van der Waals surface area contributed by atoms with E-state index in [0.29, 0.717) is 0 Å². The summed E-state index contributed by atoms with van der Waals surface area (Å²) >= 11 is 0.0302. The molecule has 0 saturated carbocycles. The Kier molecular flexibility index (Phi) is 5.03. The van der Waals surface area contributed by atoms with E-state index < -0.39 is 13.3 Å². The van der Waals surface area contributed by atoms with E-state index in [0.717, 1.165) is 5.69 Å². The van der Waals surface area contributed by atoms with E-state index in [9.17, 15) is 0 Å². The molecule has 32 heavy (non-hydrogen) atoms. The van der Waals surface area contributed by atoms with Gasteiger partial charge in [-0.15, -0.1) is 0 Å². The van der Waals surface area contributed by atoms with Crippen molar-refractivity contribution in [3.05, 3.63) is 71.9 Å². The second-order valence-corrected chi connectivity index (χ2v) is 22.8. The normalized spacial score (nSPS) is 12.8. The van der Waals surface area contributed by atoms with Crippen LogP contribution in [0.2, 0.25) is 17.3 Å². The minimum absolute atomic E-state index is 0.0595. The first-order valence-electron chi connectivity index (χ1n) is 11.4. The quantitative estimate of drug-likeness (QED) is 0.223. The van der Waals surface area contributed by atoms with E-state index in [2.05, 4.69) is 99.6 Å². The number of rotatable bonds is 2. The van der Waals surface area contributed by atoms with Crippen LogP contribution in [0, 0.1) is 6.92 Å². The number of benzene rings is 3. The van der Waals surface area contributed by atoms with Gasteiger partial charge in [0.05, 0.1) is 0 Å². The van der Waals surface area contributed by atoms with Gasteiger partial charge in [0.15, 0.2) is 0 Å². The van der Waals surface area contributed by atoms with Gasteiger partial charge in [-0.2, -0.15) is 0 Å². The van der Waals surface area contributed by atoms with Crippen molar-refractivity contribution in [1.82, 2.24) is 4.98 Å². The van der Waals surface area contributed by atoms with E-state index >= 15 is 0 Å². The van der Waals surface area contributed by atoms with Crippen LogP contribution in [0.15, 0.2) is 60.8 Å². The molecule has 0 radical (unpaired) electrons. The van der Waals surface area contributed by atoms with Crippen LogP contribution in [0.25, 0.3) is 42.2 Å². The van der Waals surface area contributed by atoms with Crippen LogP contribution in [0.5, 0.6) is 0 Å². The van der Waals surface area contributed by atoms with Gasteiger partial charge >= 0.3 is 192 Å². The number of aryl methyl sites for hydroxylation is 1. The summed E-state index contributed by atoms with van der Waals surface area (Å²) in [6.07, 6.45) is 1.98. The third kappa shape index (κ3) is 3.68. The molecule has 0 aliphatic carbocycles. The summed E-state index contributed by atoms with van der Waals surface area (Å²) in [6, 6.07) is 20.8. The van der Waals surface area contributed by atoms with Crippen molar-refractivity contribution < 1.29 is 0 Å². The Morgan fingerprint density at radius 3 is 2.31 bits per heavy atom. The van der Waals surface area contributed by atoms with Crippen molar-refractivity contribution in [2.24, 2.45) is 0 Å². The molecule has 2 aromatic heterocycles. The molecule has 5 aromatic rings. The zero-order valence-electron chi connectivity index (χ0n) is 20.1. The second kappa shape index (κ2) is 7.43. The van der Waals surface area contributed by atoms with E-state index in [1.807, 2.05) is 17.5 Å². The predicted molar refractivity (Wildman–Crippen MR) is 146 cm³/mol. The topological polar surface area (TPSA) is 12.9 Å². The van der Waals surface area contributed by atoms with Crippen LogP contribution in [-0.4, -0.2) is 18.3 Å². The zero-order valence-corrected chi connectivity index (χ0v) is 23.0. The number of nitrogens with zero attached hydrogens (tertiary/aromatic N) is 1. The summed E-state index contributed by atoms with van der Waals surface area (Å²) in [5.41, 5.74) is 5.08. The van der Waals surface area contributed by atoms with Crippen LogP contribution >= 0.6 is 11.3 Å². The van der Waals surface area contributed by atoms with Crippen LogP contribution in [0.3, 0.4) is 0 Å². The van der Waals surface area contributed by atoms with Gasteiger partial charge in [-0.1, -0.05) is 0 Å². The fourth-order valence-corrected chi connectivity index (χ4v) is 8.51. The Labute approximate surface area is 197 Å². The molecule has 0 atom stereocenters. The number of fused-ring (bicyclic) bond motifs is 4. The van der Waals surface area contributed by atoms with Crippen LogP contribution in [0.4, 0.5) is 0 Å². The number of pyridine rings is 1. The third-order valence-corrected chi connectivity index (χ3v) is 11.9. The van der Waals surface area contributed by atoms with Crippen molar-refractivity contribution in [3.8, 4) is 11.3 Å². The van der Waals surface area contributed by atoms with Crippen LogP contribution in [0.1, 0.15) is 31.9 Å². The molecule has 0 fully saturated rings. The molecule has 0 spiro atoms. The van der Waals surface area contributed by atoms with Crippen LogP contribution < -0.4 is 4.40 Å². The Balaban J connectivity index is 1.80. The molecule has 0 bridgehead atoms. The van der Waals surface area contributed by atoms with Gasteiger partial charge in [-0.05, 0) is 6.92 Å². The average Bonchev–Trinajstić information content (AvgIpc) is 3.09. The Bertz CT molecular complexity index is 1500. The van der Waals surface area contributed by atoms with E-state index in [4.69, 9.17) is 4.98 Å². The molecule has 1 nitrogen and oxygen atoms in total. The average molecular weight is 498 g/mol. The summed E-state index contributed by atoms with van der Waals surface area (Å²) < 4.78 is 4.25. The van der Waals surface area contributed by atoms with Crippen molar-refractivity contribution in [1.29, 1.82) is 0 Å². The van der Waals surface area contributed by atoms with Crippen molar-refractivity contribution in [2.75, 3.05) is 0 Å². The maximum absolute atomic E-state index is 4.91. The van der Waals surface area contributed by atoms with Gasteiger partial charge in [-0.25, -0.2) is 0 Å². The summed E-state index contributed by atoms with van der Waals surface area (Å²) in [5, 5.41) is 5.33. The van der Waals surface area contributed by atoms with E-state index in [1.54, 1.807) is 4.40 Å². The molecule has 0 unspecified atom stereocenters. The van der Waals surface area contributed by atoms with Crippen LogP contribution in [-0.2, 0) is 5.41 Å². The molecule has 0 amide bonds. The molecule has 0 saturated heterocycles. The fraction of sp³-hybridized carbons (Fsp3) is 0.276. The first-order chi connectivity index (χ1) is 15.0. The molecule has 0 N–H and O–H groups in total. The van der Waals surface area contributed by atoms with Gasteiger partial charge in [0.1, 0.15) is 0 Å².